The van der Waals surface area contributed by atoms with E-state index in [0.29, 0.717) is 5.69 Å². The van der Waals surface area contributed by atoms with Crippen LogP contribution in [0.4, 0.5) is 5.69 Å². The average Bonchev–Trinajstić information content (AvgIpc) is 3.10. The molecule has 0 fully saturated rings. The van der Waals surface area contributed by atoms with E-state index in [0.717, 1.165) is 32.6 Å². The molecule has 0 aliphatic carbocycles. The number of para-hydroxylation sites is 2. The van der Waals surface area contributed by atoms with E-state index < -0.39 is 16.1 Å². The maximum atomic E-state index is 12.7. The van der Waals surface area contributed by atoms with Crippen molar-refractivity contribution in [1.82, 2.24) is 4.57 Å². The Balaban J connectivity index is 1.54. The summed E-state index contributed by atoms with van der Waals surface area (Å²) in [6.45, 7) is 0.248. The summed E-state index contributed by atoms with van der Waals surface area (Å²) in [5, 5.41) is 15.1. The fraction of sp³-hybridized carbons (Fsp3) is 0.154. The number of aromatic nitrogens is 1. The van der Waals surface area contributed by atoms with Gasteiger partial charge in [0.1, 0.15) is 0 Å². The fourth-order valence-corrected chi connectivity index (χ4v) is 5.46. The van der Waals surface area contributed by atoms with Gasteiger partial charge in [0.05, 0.1) is 31.1 Å². The molecule has 0 spiro atoms. The van der Waals surface area contributed by atoms with Crippen LogP contribution in [0, 0.1) is 0 Å². The van der Waals surface area contributed by atoms with Gasteiger partial charge in [0.15, 0.2) is 0 Å². The third-order valence-electron chi connectivity index (χ3n) is 5.89. The second kappa shape index (κ2) is 7.97. The summed E-state index contributed by atoms with van der Waals surface area (Å²) in [6.07, 6.45) is 0.282. The first-order chi connectivity index (χ1) is 15.4. The third kappa shape index (κ3) is 3.61. The number of benzene rings is 4. The molecule has 5 aromatic rings. The van der Waals surface area contributed by atoms with Gasteiger partial charge in [-0.15, -0.1) is 0 Å². The third-order valence-corrected chi connectivity index (χ3v) is 7.03. The van der Waals surface area contributed by atoms with Crippen LogP contribution in [0.15, 0.2) is 91.0 Å². The highest BCUT2D eigenvalue weighted by molar-refractivity contribution is 7.92. The molecule has 6 heteroatoms. The summed E-state index contributed by atoms with van der Waals surface area (Å²) in [5.41, 5.74) is 2.61. The zero-order valence-electron chi connectivity index (χ0n) is 17.7. The molecule has 0 radical (unpaired) electrons. The molecule has 5 rings (SSSR count). The van der Waals surface area contributed by atoms with Gasteiger partial charge in [0.2, 0.25) is 10.0 Å². The largest absolute Gasteiger partial charge is 0.389 e. The molecule has 0 unspecified atom stereocenters. The van der Waals surface area contributed by atoms with Gasteiger partial charge in [-0.2, -0.15) is 0 Å². The smallest absolute Gasteiger partial charge is 0.232 e. The number of fused-ring (bicyclic) bond motifs is 4. The number of anilines is 1. The Hall–Kier alpha value is -3.35. The first kappa shape index (κ1) is 20.5. The van der Waals surface area contributed by atoms with Gasteiger partial charge < -0.3 is 9.67 Å². The van der Waals surface area contributed by atoms with Crippen molar-refractivity contribution in [1.29, 1.82) is 0 Å². The fourth-order valence-electron chi connectivity index (χ4n) is 4.50. The van der Waals surface area contributed by atoms with Crippen molar-refractivity contribution in [3.05, 3.63) is 91.0 Å². The lowest BCUT2D eigenvalue weighted by atomic mass is 10.1. The van der Waals surface area contributed by atoms with E-state index in [-0.39, 0.29) is 13.1 Å². The van der Waals surface area contributed by atoms with E-state index in [1.165, 1.54) is 10.6 Å². The molecule has 32 heavy (non-hydrogen) atoms. The maximum Gasteiger partial charge on any atom is 0.232 e. The minimum absolute atomic E-state index is 0.0341. The minimum Gasteiger partial charge on any atom is -0.389 e. The van der Waals surface area contributed by atoms with Crippen molar-refractivity contribution < 1.29 is 13.5 Å². The lowest BCUT2D eigenvalue weighted by Gasteiger charge is -2.27. The van der Waals surface area contributed by atoms with Crippen LogP contribution in [0.5, 0.6) is 0 Å². The Morgan fingerprint density at radius 1 is 0.781 bits per heavy atom. The predicted octanol–water partition coefficient (Wildman–Crippen LogP) is 4.77. The molecular weight excluding hydrogens is 420 g/mol. The molecule has 0 saturated carbocycles. The Morgan fingerprint density at radius 2 is 1.31 bits per heavy atom. The quantitative estimate of drug-likeness (QED) is 0.410. The van der Waals surface area contributed by atoms with Crippen molar-refractivity contribution >= 4 is 48.3 Å². The predicted molar refractivity (Wildman–Crippen MR) is 132 cm³/mol. The highest BCUT2D eigenvalue weighted by Gasteiger charge is 2.24. The normalized spacial score (nSPS) is 13.1. The maximum absolute atomic E-state index is 12.7. The summed E-state index contributed by atoms with van der Waals surface area (Å²) in [6, 6.07) is 29.4. The Morgan fingerprint density at radius 3 is 1.94 bits per heavy atom. The average molecular weight is 445 g/mol. The van der Waals surface area contributed by atoms with E-state index >= 15 is 0 Å². The van der Waals surface area contributed by atoms with Gasteiger partial charge in [-0.1, -0.05) is 72.8 Å². The number of sulfonamides is 1. The summed E-state index contributed by atoms with van der Waals surface area (Å²) >= 11 is 0. The molecule has 1 heterocycles. The van der Waals surface area contributed by atoms with Crippen molar-refractivity contribution in [3.8, 4) is 0 Å². The molecule has 5 nitrogen and oxygen atoms in total. The molecular formula is C26H24N2O3S. The topological polar surface area (TPSA) is 62.5 Å². The molecule has 0 saturated heterocycles. The summed E-state index contributed by atoms with van der Waals surface area (Å²) in [7, 11) is -3.60. The van der Waals surface area contributed by atoms with E-state index in [2.05, 4.69) is 16.7 Å². The molecule has 0 amide bonds. The lowest BCUT2D eigenvalue weighted by molar-refractivity contribution is 0.166. The highest BCUT2D eigenvalue weighted by atomic mass is 32.2. The van der Waals surface area contributed by atoms with Crippen LogP contribution in [0.3, 0.4) is 0 Å². The van der Waals surface area contributed by atoms with Gasteiger partial charge in [-0.05, 0) is 23.6 Å². The number of hydrogen-bond donors (Lipinski definition) is 1. The number of aliphatic hydroxyl groups excluding tert-OH is 1. The van der Waals surface area contributed by atoms with Gasteiger partial charge in [-0.25, -0.2) is 8.42 Å². The molecule has 4 aromatic carbocycles. The Kier molecular flexibility index (Phi) is 5.12. The Bertz CT molecular complexity index is 1480. The van der Waals surface area contributed by atoms with E-state index in [1.807, 2.05) is 72.8 Å². The molecule has 1 atom stereocenters. The monoisotopic (exact) mass is 444 g/mol. The first-order valence-electron chi connectivity index (χ1n) is 10.5. The molecule has 162 valence electrons. The summed E-state index contributed by atoms with van der Waals surface area (Å²) in [5.74, 6) is 0. The molecule has 0 bridgehead atoms. The van der Waals surface area contributed by atoms with Gasteiger partial charge in [0, 0.05) is 27.2 Å². The minimum atomic E-state index is -3.60. The van der Waals surface area contributed by atoms with Crippen molar-refractivity contribution in [2.45, 2.75) is 12.6 Å². The second-order valence-corrected chi connectivity index (χ2v) is 10.00. The zero-order valence-corrected chi connectivity index (χ0v) is 18.5. The number of aliphatic hydroxyl groups is 1. The molecule has 0 aliphatic rings. The standard InChI is InChI=1S/C26H24N2O3S/c1-32(30,31)28(26-16-8-10-19-9-2-3-11-21(19)26)18-20(29)17-27-24-14-6-4-12-22(24)23-13-5-7-15-25(23)27/h2-16,20,29H,17-18H2,1H3/t20-/m1/s1. The van der Waals surface area contributed by atoms with Gasteiger partial charge >= 0.3 is 0 Å². The van der Waals surface area contributed by atoms with Crippen LogP contribution in [0.25, 0.3) is 32.6 Å². The lowest BCUT2D eigenvalue weighted by Crippen LogP contribution is -2.38. The second-order valence-electron chi connectivity index (χ2n) is 8.09. The van der Waals surface area contributed by atoms with Crippen LogP contribution < -0.4 is 4.31 Å². The molecule has 1 N–H and O–H groups in total. The number of hydrogen-bond acceptors (Lipinski definition) is 3. The summed E-state index contributed by atoms with van der Waals surface area (Å²) < 4.78 is 28.9. The van der Waals surface area contributed by atoms with E-state index in [4.69, 9.17) is 0 Å². The van der Waals surface area contributed by atoms with Crippen molar-refractivity contribution in [2.75, 3.05) is 17.1 Å². The van der Waals surface area contributed by atoms with E-state index in [1.54, 1.807) is 6.07 Å². The van der Waals surface area contributed by atoms with Crippen LogP contribution >= 0.6 is 0 Å². The molecule has 1 aromatic heterocycles. The van der Waals surface area contributed by atoms with Crippen molar-refractivity contribution in [3.63, 3.8) is 0 Å². The van der Waals surface area contributed by atoms with E-state index in [9.17, 15) is 13.5 Å². The number of nitrogens with zero attached hydrogens (tertiary/aromatic N) is 2. The first-order valence-corrected chi connectivity index (χ1v) is 12.4. The van der Waals surface area contributed by atoms with Crippen LogP contribution in [-0.2, 0) is 16.6 Å². The van der Waals surface area contributed by atoms with Crippen LogP contribution in [0.1, 0.15) is 0 Å². The Labute approximate surface area is 187 Å². The molecule has 0 aliphatic heterocycles. The van der Waals surface area contributed by atoms with Gasteiger partial charge in [-0.3, -0.25) is 4.31 Å². The zero-order chi connectivity index (χ0) is 22.3. The van der Waals surface area contributed by atoms with Gasteiger partial charge in [0.25, 0.3) is 0 Å². The number of rotatable bonds is 6. The van der Waals surface area contributed by atoms with Crippen molar-refractivity contribution in [2.24, 2.45) is 0 Å². The highest BCUT2D eigenvalue weighted by Crippen LogP contribution is 2.31. The van der Waals surface area contributed by atoms with Crippen LogP contribution in [-0.4, -0.2) is 37.0 Å². The van der Waals surface area contributed by atoms with Crippen LogP contribution in [0.2, 0.25) is 0 Å². The SMILES string of the molecule is CS(=O)(=O)N(C[C@H](O)Cn1c2ccccc2c2ccccc21)c1cccc2ccccc12. The summed E-state index contributed by atoms with van der Waals surface area (Å²) in [4.78, 5) is 0.